The van der Waals surface area contributed by atoms with Gasteiger partial charge < -0.3 is 15.0 Å². The van der Waals surface area contributed by atoms with Gasteiger partial charge in [-0.15, -0.1) is 0 Å². The van der Waals surface area contributed by atoms with Gasteiger partial charge in [0.05, 0.1) is 18.5 Å². The molecule has 9 heteroatoms. The Kier molecular flexibility index (Phi) is 4.74. The average Bonchev–Trinajstić information content (AvgIpc) is 3.38. The van der Waals surface area contributed by atoms with Crippen LogP contribution in [-0.4, -0.2) is 63.0 Å². The fraction of sp³-hybridized carbons (Fsp3) is 0.692. The number of hydrogen-bond acceptors (Lipinski definition) is 7. The molecule has 2 N–H and O–H groups in total. The Bertz CT molecular complexity index is 599. The van der Waals surface area contributed by atoms with Gasteiger partial charge in [-0.25, -0.2) is 23.1 Å². The van der Waals surface area contributed by atoms with E-state index in [0.29, 0.717) is 32.1 Å². The van der Waals surface area contributed by atoms with Crippen molar-refractivity contribution >= 4 is 21.7 Å². The van der Waals surface area contributed by atoms with Crippen molar-refractivity contribution in [2.24, 2.45) is 0 Å². The number of rotatable bonds is 7. The standard InChI is InChI=1S/C13H21N5O3S/c19-22(20,11-1-2-11)17-4-3-14-12-9-13(16-10-15-12)18-5-7-21-8-6-18/h9-11,17H,1-8H2,(H,14,15,16). The van der Waals surface area contributed by atoms with Crippen LogP contribution in [-0.2, 0) is 14.8 Å². The topological polar surface area (TPSA) is 96.5 Å². The molecular weight excluding hydrogens is 306 g/mol. The lowest BCUT2D eigenvalue weighted by atomic mass is 10.4. The average molecular weight is 327 g/mol. The first-order valence-electron chi connectivity index (χ1n) is 7.52. The van der Waals surface area contributed by atoms with Crippen LogP contribution in [0.25, 0.3) is 0 Å². The molecule has 0 atom stereocenters. The second-order valence-corrected chi connectivity index (χ2v) is 7.47. The van der Waals surface area contributed by atoms with Crippen LogP contribution in [0.3, 0.4) is 0 Å². The van der Waals surface area contributed by atoms with E-state index in [0.717, 1.165) is 31.7 Å². The highest BCUT2D eigenvalue weighted by atomic mass is 32.2. The monoisotopic (exact) mass is 327 g/mol. The van der Waals surface area contributed by atoms with Crippen LogP contribution in [0.5, 0.6) is 0 Å². The highest BCUT2D eigenvalue weighted by molar-refractivity contribution is 7.90. The third-order valence-corrected chi connectivity index (χ3v) is 5.64. The largest absolute Gasteiger partial charge is 0.378 e. The number of anilines is 2. The quantitative estimate of drug-likeness (QED) is 0.670. The van der Waals surface area contributed by atoms with Crippen LogP contribution in [0.2, 0.25) is 0 Å². The van der Waals surface area contributed by atoms with Crippen molar-refractivity contribution < 1.29 is 13.2 Å². The Balaban J connectivity index is 1.48. The molecule has 22 heavy (non-hydrogen) atoms. The van der Waals surface area contributed by atoms with E-state index in [1.165, 1.54) is 6.33 Å². The number of nitrogens with one attached hydrogen (secondary N) is 2. The van der Waals surface area contributed by atoms with Gasteiger partial charge >= 0.3 is 0 Å². The minimum Gasteiger partial charge on any atom is -0.378 e. The maximum absolute atomic E-state index is 11.7. The third-order valence-electron chi connectivity index (χ3n) is 3.69. The van der Waals surface area contributed by atoms with Crippen molar-refractivity contribution in [3.05, 3.63) is 12.4 Å². The molecule has 0 amide bonds. The van der Waals surface area contributed by atoms with Gasteiger partial charge in [-0.3, -0.25) is 0 Å². The van der Waals surface area contributed by atoms with Gasteiger partial charge in [0.2, 0.25) is 10.0 Å². The molecule has 2 heterocycles. The molecule has 8 nitrogen and oxygen atoms in total. The van der Waals surface area contributed by atoms with Crippen LogP contribution < -0.4 is 14.9 Å². The van der Waals surface area contributed by atoms with Crippen molar-refractivity contribution in [2.45, 2.75) is 18.1 Å². The first-order valence-corrected chi connectivity index (χ1v) is 9.07. The fourth-order valence-electron chi connectivity index (χ4n) is 2.29. The van der Waals surface area contributed by atoms with Crippen molar-refractivity contribution in [3.8, 4) is 0 Å². The van der Waals surface area contributed by atoms with E-state index in [1.807, 2.05) is 6.07 Å². The molecule has 2 fully saturated rings. The molecule has 122 valence electrons. The predicted octanol–water partition coefficient (Wildman–Crippen LogP) is -0.193. The molecule has 1 aliphatic carbocycles. The molecule has 0 bridgehead atoms. The number of aromatic nitrogens is 2. The van der Waals surface area contributed by atoms with Gasteiger partial charge in [0.15, 0.2) is 0 Å². The van der Waals surface area contributed by atoms with Crippen LogP contribution >= 0.6 is 0 Å². The molecule has 0 aromatic carbocycles. The molecule has 1 aromatic rings. The van der Waals surface area contributed by atoms with Crippen LogP contribution in [0, 0.1) is 0 Å². The lowest BCUT2D eigenvalue weighted by molar-refractivity contribution is 0.122. The van der Waals surface area contributed by atoms with E-state index in [9.17, 15) is 8.42 Å². The minimum atomic E-state index is -3.11. The number of ether oxygens (including phenoxy) is 1. The van der Waals surface area contributed by atoms with E-state index in [1.54, 1.807) is 0 Å². The van der Waals surface area contributed by atoms with Gasteiger partial charge in [-0.05, 0) is 12.8 Å². The van der Waals surface area contributed by atoms with Crippen molar-refractivity contribution in [2.75, 3.05) is 49.6 Å². The predicted molar refractivity (Wildman–Crippen MR) is 83.5 cm³/mol. The van der Waals surface area contributed by atoms with Crippen molar-refractivity contribution in [3.63, 3.8) is 0 Å². The van der Waals surface area contributed by atoms with E-state index >= 15 is 0 Å². The summed E-state index contributed by atoms with van der Waals surface area (Å²) in [5, 5.41) is 2.94. The molecule has 0 spiro atoms. The summed E-state index contributed by atoms with van der Waals surface area (Å²) in [5.74, 6) is 1.56. The molecule has 0 radical (unpaired) electrons. The van der Waals surface area contributed by atoms with Gasteiger partial charge in [0.25, 0.3) is 0 Å². The Morgan fingerprint density at radius 2 is 2.00 bits per heavy atom. The van der Waals surface area contributed by atoms with E-state index < -0.39 is 10.0 Å². The second kappa shape index (κ2) is 6.76. The lowest BCUT2D eigenvalue weighted by Gasteiger charge is -2.27. The Hall–Kier alpha value is -1.45. The van der Waals surface area contributed by atoms with E-state index in [4.69, 9.17) is 4.74 Å². The molecule has 3 rings (SSSR count). The van der Waals surface area contributed by atoms with Gasteiger partial charge in [-0.2, -0.15) is 0 Å². The Morgan fingerprint density at radius 1 is 1.23 bits per heavy atom. The Labute approximate surface area is 130 Å². The number of morpholine rings is 1. The van der Waals surface area contributed by atoms with E-state index in [-0.39, 0.29) is 5.25 Å². The van der Waals surface area contributed by atoms with E-state index in [2.05, 4.69) is 24.9 Å². The van der Waals surface area contributed by atoms with Crippen LogP contribution in [0.4, 0.5) is 11.6 Å². The van der Waals surface area contributed by atoms with Crippen molar-refractivity contribution in [1.29, 1.82) is 0 Å². The number of nitrogens with zero attached hydrogens (tertiary/aromatic N) is 3. The summed E-state index contributed by atoms with van der Waals surface area (Å²) in [4.78, 5) is 10.6. The van der Waals surface area contributed by atoms with Gasteiger partial charge in [-0.1, -0.05) is 0 Å². The molecule has 1 saturated heterocycles. The summed E-state index contributed by atoms with van der Waals surface area (Å²) in [7, 11) is -3.11. The summed E-state index contributed by atoms with van der Waals surface area (Å²) in [6, 6.07) is 1.88. The van der Waals surface area contributed by atoms with Gasteiger partial charge in [0, 0.05) is 32.2 Å². The summed E-state index contributed by atoms with van der Waals surface area (Å²) >= 11 is 0. The first-order chi connectivity index (χ1) is 10.6. The molecular formula is C13H21N5O3S. The van der Waals surface area contributed by atoms with Crippen LogP contribution in [0.15, 0.2) is 12.4 Å². The SMILES string of the molecule is O=S(=O)(NCCNc1cc(N2CCOCC2)ncn1)C1CC1. The highest BCUT2D eigenvalue weighted by Gasteiger charge is 2.35. The zero-order valence-corrected chi connectivity index (χ0v) is 13.2. The molecule has 1 saturated carbocycles. The van der Waals surface area contributed by atoms with Gasteiger partial charge in [0.1, 0.15) is 18.0 Å². The van der Waals surface area contributed by atoms with Crippen LogP contribution in [0.1, 0.15) is 12.8 Å². The normalized spacial score (nSPS) is 19.2. The highest BCUT2D eigenvalue weighted by Crippen LogP contribution is 2.27. The molecule has 1 aromatic heterocycles. The minimum absolute atomic E-state index is 0.181. The summed E-state index contributed by atoms with van der Waals surface area (Å²) < 4.78 is 31.3. The number of hydrogen-bond donors (Lipinski definition) is 2. The lowest BCUT2D eigenvalue weighted by Crippen LogP contribution is -2.36. The second-order valence-electron chi connectivity index (χ2n) is 5.43. The third kappa shape index (κ3) is 4.05. The summed E-state index contributed by atoms with van der Waals surface area (Å²) in [6.07, 6.45) is 3.07. The zero-order valence-electron chi connectivity index (χ0n) is 12.4. The first kappa shape index (κ1) is 15.4. The zero-order chi connectivity index (χ0) is 15.4. The van der Waals surface area contributed by atoms with Crippen molar-refractivity contribution in [1.82, 2.24) is 14.7 Å². The Morgan fingerprint density at radius 3 is 2.73 bits per heavy atom. The molecule has 0 unspecified atom stereocenters. The summed E-state index contributed by atoms with van der Waals surface area (Å²) in [6.45, 7) is 3.89. The number of sulfonamides is 1. The molecule has 1 aliphatic heterocycles. The maximum Gasteiger partial charge on any atom is 0.214 e. The molecule has 2 aliphatic rings. The maximum atomic E-state index is 11.7. The smallest absolute Gasteiger partial charge is 0.214 e. The fourth-order valence-corrected chi connectivity index (χ4v) is 3.67. The summed E-state index contributed by atoms with van der Waals surface area (Å²) in [5.41, 5.74) is 0.